The highest BCUT2D eigenvalue weighted by atomic mass is 32.3. The Morgan fingerprint density at radius 1 is 0.463 bits per heavy atom. The quantitative estimate of drug-likeness (QED) is 0.0646. The molecule has 0 aromatic heterocycles. The van der Waals surface area contributed by atoms with Gasteiger partial charge in [0, 0.05) is 45.9 Å². The van der Waals surface area contributed by atoms with Crippen LogP contribution in [-0.2, 0) is 8.98 Å². The van der Waals surface area contributed by atoms with E-state index in [-0.39, 0.29) is 12.4 Å². The third kappa shape index (κ3) is 13.0. The van der Waals surface area contributed by atoms with Crippen LogP contribution in [0, 0.1) is 0 Å². The molecule has 0 saturated heterocycles. The number of rotatable bonds is 29. The van der Waals surface area contributed by atoms with Gasteiger partial charge in [0.25, 0.3) is 0 Å². The fraction of sp³-hybridized carbons (Fsp3) is 0.578. The van der Waals surface area contributed by atoms with Gasteiger partial charge in [-0.1, -0.05) is 105 Å². The summed E-state index contributed by atoms with van der Waals surface area (Å²) in [4.78, 5) is 16.2. The summed E-state index contributed by atoms with van der Waals surface area (Å²) in [7, 11) is -3.06. The minimum atomic E-state index is -3.06. The van der Waals surface area contributed by atoms with Crippen LogP contribution in [0.4, 0.5) is 0 Å². The van der Waals surface area contributed by atoms with Gasteiger partial charge in [-0.15, -0.1) is 0 Å². The molecule has 0 amide bonds. The third-order valence-corrected chi connectivity index (χ3v) is 12.0. The highest BCUT2D eigenvalue weighted by molar-refractivity contribution is 8.30. The van der Waals surface area contributed by atoms with Gasteiger partial charge < -0.3 is 32.6 Å². The molecule has 9 heteroatoms. The molecule has 302 valence electrons. The van der Waals surface area contributed by atoms with Crippen molar-refractivity contribution in [3.8, 4) is 34.5 Å². The van der Waals surface area contributed by atoms with E-state index in [2.05, 4.69) is 41.5 Å². The molecule has 0 aliphatic heterocycles. The first-order valence-corrected chi connectivity index (χ1v) is 22.2. The van der Waals surface area contributed by atoms with Gasteiger partial charge in [0.2, 0.25) is 0 Å². The molecule has 0 spiro atoms. The van der Waals surface area contributed by atoms with E-state index in [1.165, 1.54) is 0 Å². The van der Waals surface area contributed by atoms with Crippen molar-refractivity contribution in [3.63, 3.8) is 0 Å². The SMILES string of the molecule is CCCCOc1cc(OCCCC)c(S(OC(=O)CC)(c2ccccc2)c2c(OCCCC)cc(OCCCC)cc2OCCCC)c(OCCCC)c1. The average Bonchev–Trinajstić information content (AvgIpc) is 3.18. The van der Waals surface area contributed by atoms with Gasteiger partial charge in [-0.2, -0.15) is 0 Å². The lowest BCUT2D eigenvalue weighted by molar-refractivity contribution is -0.133. The van der Waals surface area contributed by atoms with Gasteiger partial charge in [0.15, 0.2) is 0 Å². The van der Waals surface area contributed by atoms with Gasteiger partial charge in [-0.25, -0.2) is 0 Å². The van der Waals surface area contributed by atoms with Crippen molar-refractivity contribution in [2.75, 3.05) is 39.6 Å². The van der Waals surface area contributed by atoms with Crippen LogP contribution in [0.1, 0.15) is 132 Å². The van der Waals surface area contributed by atoms with E-state index >= 15 is 0 Å². The Labute approximate surface area is 328 Å². The number of benzene rings is 3. The molecule has 3 rings (SSSR count). The Balaban J connectivity index is 2.63. The van der Waals surface area contributed by atoms with E-state index in [0.717, 1.165) is 81.9 Å². The zero-order chi connectivity index (χ0) is 39.0. The zero-order valence-corrected chi connectivity index (χ0v) is 35.1. The molecule has 3 aromatic rings. The Morgan fingerprint density at radius 2 is 0.778 bits per heavy atom. The molecule has 8 nitrogen and oxygen atoms in total. The van der Waals surface area contributed by atoms with Crippen LogP contribution in [0.15, 0.2) is 69.3 Å². The monoisotopic (exact) mass is 768 g/mol. The van der Waals surface area contributed by atoms with Crippen LogP contribution >= 0.6 is 10.3 Å². The summed E-state index contributed by atoms with van der Waals surface area (Å²) >= 11 is 0. The largest absolute Gasteiger partial charge is 0.493 e. The third-order valence-electron chi connectivity index (χ3n) is 8.70. The number of unbranched alkanes of at least 4 members (excludes halogenated alkanes) is 6. The van der Waals surface area contributed by atoms with Gasteiger partial charge in [-0.3, -0.25) is 4.79 Å². The topological polar surface area (TPSA) is 81.7 Å². The van der Waals surface area contributed by atoms with Crippen LogP contribution in [0.5, 0.6) is 34.5 Å². The van der Waals surface area contributed by atoms with Gasteiger partial charge >= 0.3 is 5.97 Å². The van der Waals surface area contributed by atoms with Gasteiger partial charge in [-0.05, 0) is 50.7 Å². The van der Waals surface area contributed by atoms with Crippen LogP contribution in [0.2, 0.25) is 0 Å². The maximum Gasteiger partial charge on any atom is 0.316 e. The molecule has 0 aliphatic rings. The van der Waals surface area contributed by atoms with E-state index < -0.39 is 10.3 Å². The molecule has 0 aliphatic carbocycles. The minimum absolute atomic E-state index is 0.161. The summed E-state index contributed by atoms with van der Waals surface area (Å²) in [6, 6.07) is 17.7. The summed E-state index contributed by atoms with van der Waals surface area (Å²) in [5, 5.41) is 0. The smallest absolute Gasteiger partial charge is 0.316 e. The van der Waals surface area contributed by atoms with E-state index in [1.807, 2.05) is 61.5 Å². The molecular formula is C45H68O8S. The number of carbonyl (C=O) groups is 1. The van der Waals surface area contributed by atoms with Crippen molar-refractivity contribution < 1.29 is 37.4 Å². The highest BCUT2D eigenvalue weighted by Gasteiger charge is 2.46. The molecule has 0 heterocycles. The first-order valence-electron chi connectivity index (χ1n) is 20.7. The standard InChI is InChI=1S/C45H68O8S/c1-8-15-26-47-36-32-39(49-28-17-10-3)44(40(33-36)50-29-18-11-4)54(53-43(46)14-7,38-24-22-21-23-25-38)45-41(51-30-19-12-5)34-37(48-27-16-9-2)35-42(45)52-31-20-13-6/h21-25,32-35H,8-20,26-31H2,1-7H3. The van der Waals surface area contributed by atoms with Gasteiger partial charge in [0.1, 0.15) is 44.3 Å². The number of hydrogen-bond donors (Lipinski definition) is 0. The fourth-order valence-electron chi connectivity index (χ4n) is 5.52. The maximum absolute atomic E-state index is 14.1. The first kappa shape index (κ1) is 44.7. The Hall–Kier alpha value is -3.72. The minimum Gasteiger partial charge on any atom is -0.493 e. The lowest BCUT2D eigenvalue weighted by Crippen LogP contribution is -2.18. The predicted molar refractivity (Wildman–Crippen MR) is 221 cm³/mol. The highest BCUT2D eigenvalue weighted by Crippen LogP contribution is 2.77. The summed E-state index contributed by atoms with van der Waals surface area (Å²) in [6.07, 6.45) is 11.2. The average molecular weight is 769 g/mol. The van der Waals surface area contributed by atoms with E-state index in [9.17, 15) is 4.79 Å². The van der Waals surface area contributed by atoms with E-state index in [1.54, 1.807) is 0 Å². The van der Waals surface area contributed by atoms with Crippen LogP contribution in [-0.4, -0.2) is 45.6 Å². The lowest BCUT2D eigenvalue weighted by Gasteiger charge is -2.42. The molecule has 0 bridgehead atoms. The number of hydrogen-bond acceptors (Lipinski definition) is 8. The molecule has 0 unspecified atom stereocenters. The molecule has 0 N–H and O–H groups in total. The first-order chi connectivity index (χ1) is 26.4. The lowest BCUT2D eigenvalue weighted by atomic mass is 10.2. The normalized spacial score (nSPS) is 11.5. The van der Waals surface area contributed by atoms with Crippen molar-refractivity contribution in [2.24, 2.45) is 0 Å². The maximum atomic E-state index is 14.1. The molecule has 54 heavy (non-hydrogen) atoms. The molecule has 0 atom stereocenters. The van der Waals surface area contributed by atoms with Crippen LogP contribution < -0.4 is 28.4 Å². The number of carbonyl (C=O) groups excluding carboxylic acids is 1. The predicted octanol–water partition coefficient (Wildman–Crippen LogP) is 12.9. The summed E-state index contributed by atoms with van der Waals surface area (Å²) in [6.45, 7) is 17.6. The fourth-order valence-corrected chi connectivity index (χ4v) is 9.00. The van der Waals surface area contributed by atoms with Crippen molar-refractivity contribution >= 4 is 16.3 Å². The molecule has 0 saturated carbocycles. The second-order valence-corrected chi connectivity index (χ2v) is 16.0. The van der Waals surface area contributed by atoms with E-state index in [0.29, 0.717) is 83.9 Å². The zero-order valence-electron chi connectivity index (χ0n) is 34.3. The van der Waals surface area contributed by atoms with E-state index in [4.69, 9.17) is 32.6 Å². The Bertz CT molecular complexity index is 1350. The molecule has 0 radical (unpaired) electrons. The van der Waals surface area contributed by atoms with Crippen LogP contribution in [0.25, 0.3) is 0 Å². The summed E-state index contributed by atoms with van der Waals surface area (Å²) < 4.78 is 46.8. The van der Waals surface area contributed by atoms with Crippen molar-refractivity contribution in [2.45, 2.75) is 147 Å². The Morgan fingerprint density at radius 3 is 1.07 bits per heavy atom. The van der Waals surface area contributed by atoms with Crippen molar-refractivity contribution in [1.82, 2.24) is 0 Å². The Kier molecular flexibility index (Phi) is 21.0. The number of ether oxygens (including phenoxy) is 6. The van der Waals surface area contributed by atoms with Gasteiger partial charge in [0.05, 0.1) is 39.6 Å². The second-order valence-electron chi connectivity index (χ2n) is 13.4. The molecule has 3 aromatic carbocycles. The summed E-state index contributed by atoms with van der Waals surface area (Å²) in [5.74, 6) is 3.13. The van der Waals surface area contributed by atoms with Crippen molar-refractivity contribution in [1.29, 1.82) is 0 Å². The molecular weight excluding hydrogens is 701 g/mol. The summed E-state index contributed by atoms with van der Waals surface area (Å²) in [5.41, 5.74) is 0. The second kappa shape index (κ2) is 25.4. The molecule has 0 fully saturated rings. The van der Waals surface area contributed by atoms with Crippen molar-refractivity contribution in [3.05, 3.63) is 54.6 Å². The van der Waals surface area contributed by atoms with Crippen LogP contribution in [0.3, 0.4) is 0 Å².